The zero-order valence-electron chi connectivity index (χ0n) is 12.2. The Morgan fingerprint density at radius 3 is 2.59 bits per heavy atom. The molecule has 0 aliphatic heterocycles. The first-order chi connectivity index (χ1) is 10.6. The maximum atomic E-state index is 11.4. The van der Waals surface area contributed by atoms with Gasteiger partial charge in [0.25, 0.3) is 0 Å². The van der Waals surface area contributed by atoms with E-state index in [1.807, 2.05) is 48.5 Å². The van der Waals surface area contributed by atoms with Crippen LogP contribution in [0.1, 0.15) is 24.4 Å². The number of hydrogen-bond acceptors (Lipinski definition) is 3. The van der Waals surface area contributed by atoms with Crippen molar-refractivity contribution < 1.29 is 9.90 Å². The van der Waals surface area contributed by atoms with Gasteiger partial charge < -0.3 is 15.4 Å². The fraction of sp³-hybridized carbons (Fsp3) is 0.176. The van der Waals surface area contributed by atoms with Crippen LogP contribution in [0.2, 0.25) is 0 Å². The highest BCUT2D eigenvalue weighted by Gasteiger charge is 2.20. The lowest BCUT2D eigenvalue weighted by molar-refractivity contribution is -0.140. The minimum Gasteiger partial charge on any atom is -0.480 e. The Morgan fingerprint density at radius 2 is 1.91 bits per heavy atom. The summed E-state index contributed by atoms with van der Waals surface area (Å²) in [4.78, 5) is 16.0. The molecule has 0 amide bonds. The minimum absolute atomic E-state index is 0.562. The summed E-state index contributed by atoms with van der Waals surface area (Å²) in [5, 5.41) is 9.38. The summed E-state index contributed by atoms with van der Waals surface area (Å²) in [7, 11) is 0. The number of nitrogens with two attached hydrogens (primary N) is 1. The van der Waals surface area contributed by atoms with Gasteiger partial charge in [0.15, 0.2) is 0 Å². The number of imidazole rings is 1. The van der Waals surface area contributed by atoms with Gasteiger partial charge in [-0.15, -0.1) is 0 Å². The molecule has 0 spiro atoms. The number of carboxylic acids is 1. The number of para-hydroxylation sites is 2. The summed E-state index contributed by atoms with van der Waals surface area (Å²) in [5.74, 6) is -0.136. The molecule has 1 heterocycles. The van der Waals surface area contributed by atoms with Crippen molar-refractivity contribution >= 4 is 22.7 Å². The van der Waals surface area contributed by atoms with Crippen molar-refractivity contribution in [2.24, 2.45) is 0 Å². The van der Waals surface area contributed by atoms with Crippen molar-refractivity contribution in [1.29, 1.82) is 0 Å². The van der Waals surface area contributed by atoms with Gasteiger partial charge in [-0.25, -0.2) is 9.78 Å². The van der Waals surface area contributed by atoms with Crippen molar-refractivity contribution in [3.05, 3.63) is 59.9 Å². The average Bonchev–Trinajstić information content (AvgIpc) is 2.86. The molecule has 0 bridgehead atoms. The van der Waals surface area contributed by atoms with Crippen LogP contribution in [-0.2, 0) is 11.2 Å². The summed E-state index contributed by atoms with van der Waals surface area (Å²) in [5.41, 5.74) is 9.09. The molecule has 3 rings (SSSR count). The van der Waals surface area contributed by atoms with Crippen molar-refractivity contribution in [3.8, 4) is 0 Å². The van der Waals surface area contributed by atoms with E-state index in [0.717, 1.165) is 22.4 Å². The Labute approximate surface area is 128 Å². The van der Waals surface area contributed by atoms with E-state index in [9.17, 15) is 9.90 Å². The molecule has 0 fully saturated rings. The number of fused-ring (bicyclic) bond motifs is 1. The van der Waals surface area contributed by atoms with Gasteiger partial charge in [0, 0.05) is 12.1 Å². The quantitative estimate of drug-likeness (QED) is 0.725. The van der Waals surface area contributed by atoms with Crippen LogP contribution in [0.15, 0.2) is 48.5 Å². The Bertz CT molecular complexity index is 822. The molecule has 2 aromatic carbocycles. The second-order valence-corrected chi connectivity index (χ2v) is 5.32. The number of hydrogen-bond donors (Lipinski definition) is 2. The molecular formula is C17H17N3O2. The van der Waals surface area contributed by atoms with Gasteiger partial charge in [0.2, 0.25) is 0 Å². The lowest BCUT2D eigenvalue weighted by atomic mass is 10.1. The van der Waals surface area contributed by atoms with E-state index < -0.39 is 12.0 Å². The van der Waals surface area contributed by atoms with Crippen LogP contribution >= 0.6 is 0 Å². The number of carbonyl (C=O) groups is 1. The Kier molecular flexibility index (Phi) is 3.55. The highest BCUT2D eigenvalue weighted by molar-refractivity contribution is 5.80. The van der Waals surface area contributed by atoms with Crippen molar-refractivity contribution in [3.63, 3.8) is 0 Å². The topological polar surface area (TPSA) is 81.1 Å². The number of aliphatic carboxylic acids is 1. The number of benzene rings is 2. The van der Waals surface area contributed by atoms with Crippen molar-refractivity contribution in [2.75, 3.05) is 5.73 Å². The van der Waals surface area contributed by atoms with Gasteiger partial charge in [-0.05, 0) is 36.8 Å². The molecule has 5 heteroatoms. The van der Waals surface area contributed by atoms with Crippen LogP contribution in [0.4, 0.5) is 5.69 Å². The first kappa shape index (κ1) is 14.1. The second kappa shape index (κ2) is 5.52. The third-order valence-electron chi connectivity index (χ3n) is 3.76. The molecule has 0 aliphatic rings. The van der Waals surface area contributed by atoms with Crippen molar-refractivity contribution in [1.82, 2.24) is 9.55 Å². The van der Waals surface area contributed by atoms with Gasteiger partial charge in [-0.3, -0.25) is 0 Å². The highest BCUT2D eigenvalue weighted by atomic mass is 16.4. The predicted molar refractivity (Wildman–Crippen MR) is 85.7 cm³/mol. The number of nitrogens with zero attached hydrogens (tertiary/aromatic N) is 2. The second-order valence-electron chi connectivity index (χ2n) is 5.32. The van der Waals surface area contributed by atoms with E-state index in [2.05, 4.69) is 4.98 Å². The molecule has 1 aromatic heterocycles. The normalized spacial score (nSPS) is 12.4. The third kappa shape index (κ3) is 2.53. The van der Waals surface area contributed by atoms with Crippen molar-refractivity contribution in [2.45, 2.75) is 19.4 Å². The van der Waals surface area contributed by atoms with Crippen LogP contribution in [0.5, 0.6) is 0 Å². The first-order valence-corrected chi connectivity index (χ1v) is 7.09. The zero-order valence-corrected chi connectivity index (χ0v) is 12.2. The van der Waals surface area contributed by atoms with Crippen LogP contribution in [-0.4, -0.2) is 20.6 Å². The summed E-state index contributed by atoms with van der Waals surface area (Å²) >= 11 is 0. The molecule has 0 radical (unpaired) electrons. The predicted octanol–water partition coefficient (Wildman–Crippen LogP) is 2.85. The van der Waals surface area contributed by atoms with Crippen LogP contribution in [0.25, 0.3) is 11.0 Å². The standard InChI is InChI=1S/C17H17N3O2/c1-11(17(21)22)20-15-5-3-2-4-14(15)19-16(20)10-12-6-8-13(18)9-7-12/h2-9,11H,10,18H2,1H3,(H,21,22). The lowest BCUT2D eigenvalue weighted by Gasteiger charge is -2.13. The molecule has 112 valence electrons. The van der Waals surface area contributed by atoms with E-state index >= 15 is 0 Å². The number of aromatic nitrogens is 2. The molecule has 3 N–H and O–H groups in total. The monoisotopic (exact) mass is 295 g/mol. The van der Waals surface area contributed by atoms with E-state index in [4.69, 9.17) is 5.73 Å². The molecule has 0 saturated heterocycles. The van der Waals surface area contributed by atoms with Crippen LogP contribution < -0.4 is 5.73 Å². The summed E-state index contributed by atoms with van der Waals surface area (Å²) in [6, 6.07) is 14.5. The smallest absolute Gasteiger partial charge is 0.326 e. The molecule has 3 aromatic rings. The Hall–Kier alpha value is -2.82. The van der Waals surface area contributed by atoms with E-state index in [0.29, 0.717) is 12.1 Å². The molecule has 5 nitrogen and oxygen atoms in total. The fourth-order valence-corrected chi connectivity index (χ4v) is 2.58. The third-order valence-corrected chi connectivity index (χ3v) is 3.76. The van der Waals surface area contributed by atoms with E-state index in [1.54, 1.807) is 11.5 Å². The van der Waals surface area contributed by atoms with Gasteiger partial charge in [0.1, 0.15) is 11.9 Å². The van der Waals surface area contributed by atoms with Gasteiger partial charge in [-0.2, -0.15) is 0 Å². The molecule has 0 saturated carbocycles. The molecule has 1 atom stereocenters. The summed E-state index contributed by atoms with van der Waals surface area (Å²) in [6.45, 7) is 1.67. The summed E-state index contributed by atoms with van der Waals surface area (Å²) < 4.78 is 1.79. The van der Waals surface area contributed by atoms with Gasteiger partial charge >= 0.3 is 5.97 Å². The maximum absolute atomic E-state index is 11.4. The number of rotatable bonds is 4. The van der Waals surface area contributed by atoms with Crippen LogP contribution in [0.3, 0.4) is 0 Å². The molecule has 0 aliphatic carbocycles. The SMILES string of the molecule is CC(C(=O)O)n1c(Cc2ccc(N)cc2)nc2ccccc21. The highest BCUT2D eigenvalue weighted by Crippen LogP contribution is 2.23. The van der Waals surface area contributed by atoms with Gasteiger partial charge in [0.05, 0.1) is 11.0 Å². The maximum Gasteiger partial charge on any atom is 0.326 e. The average molecular weight is 295 g/mol. The zero-order chi connectivity index (χ0) is 15.7. The number of nitrogen functional groups attached to an aromatic ring is 1. The molecule has 22 heavy (non-hydrogen) atoms. The minimum atomic E-state index is -0.873. The number of anilines is 1. The molecule has 1 unspecified atom stereocenters. The largest absolute Gasteiger partial charge is 0.480 e. The van der Waals surface area contributed by atoms with Gasteiger partial charge in [-0.1, -0.05) is 24.3 Å². The fourth-order valence-electron chi connectivity index (χ4n) is 2.58. The van der Waals surface area contributed by atoms with E-state index in [1.165, 1.54) is 0 Å². The van der Waals surface area contributed by atoms with Crippen LogP contribution in [0, 0.1) is 0 Å². The molecular weight excluding hydrogens is 278 g/mol. The first-order valence-electron chi connectivity index (χ1n) is 7.09. The van der Waals surface area contributed by atoms with E-state index in [-0.39, 0.29) is 0 Å². The Balaban J connectivity index is 2.09. The number of carboxylic acid groups (broad SMARTS) is 1. The lowest BCUT2D eigenvalue weighted by Crippen LogP contribution is -2.18. The Morgan fingerprint density at radius 1 is 1.23 bits per heavy atom. The summed E-state index contributed by atoms with van der Waals surface area (Å²) in [6.07, 6.45) is 0.562.